The van der Waals surface area contributed by atoms with E-state index in [-0.39, 0.29) is 0 Å². The molecule has 0 aliphatic rings. The first-order valence-electron chi connectivity index (χ1n) is 4.59. The van der Waals surface area contributed by atoms with Gasteiger partial charge < -0.3 is 9.57 Å². The molecule has 1 aromatic rings. The van der Waals surface area contributed by atoms with E-state index in [4.69, 9.17) is 9.57 Å². The average Bonchev–Trinajstić information content (AvgIpc) is 2.19. The van der Waals surface area contributed by atoms with Crippen LogP contribution in [0, 0.1) is 6.92 Å². The van der Waals surface area contributed by atoms with Crippen molar-refractivity contribution in [1.82, 2.24) is 0 Å². The van der Waals surface area contributed by atoms with Crippen molar-refractivity contribution in [3.05, 3.63) is 35.4 Å². The van der Waals surface area contributed by atoms with Gasteiger partial charge in [-0.1, -0.05) is 17.7 Å². The van der Waals surface area contributed by atoms with Crippen LogP contribution in [0.15, 0.2) is 29.4 Å². The third-order valence-electron chi connectivity index (χ3n) is 1.75. The monoisotopic (exact) mass is 193 g/mol. The van der Waals surface area contributed by atoms with Crippen LogP contribution in [0.3, 0.4) is 0 Å². The first-order valence-corrected chi connectivity index (χ1v) is 4.59. The molecule has 76 valence electrons. The minimum Gasteiger partial charge on any atom is -0.475 e. The molecule has 0 saturated heterocycles. The van der Waals surface area contributed by atoms with Crippen LogP contribution in [-0.4, -0.2) is 19.6 Å². The lowest BCUT2D eigenvalue weighted by Crippen LogP contribution is -2.06. The summed E-state index contributed by atoms with van der Waals surface area (Å²) >= 11 is 0. The number of hydrogen-bond acceptors (Lipinski definition) is 3. The Bertz CT molecular complexity index is 304. The molecule has 1 aromatic carbocycles. The lowest BCUT2D eigenvalue weighted by Gasteiger charge is -2.06. The molecule has 1 rings (SSSR count). The van der Waals surface area contributed by atoms with Crippen molar-refractivity contribution in [3.63, 3.8) is 0 Å². The van der Waals surface area contributed by atoms with E-state index >= 15 is 0 Å². The molecule has 3 nitrogen and oxygen atoms in total. The van der Waals surface area contributed by atoms with Gasteiger partial charge in [-0.15, -0.1) is 0 Å². The van der Waals surface area contributed by atoms with Crippen molar-refractivity contribution in [1.29, 1.82) is 0 Å². The molecule has 14 heavy (non-hydrogen) atoms. The summed E-state index contributed by atoms with van der Waals surface area (Å²) in [6, 6.07) is 7.95. The third-order valence-corrected chi connectivity index (χ3v) is 1.75. The van der Waals surface area contributed by atoms with Crippen LogP contribution in [0.1, 0.15) is 18.1 Å². The van der Waals surface area contributed by atoms with Crippen LogP contribution in [-0.2, 0) is 9.57 Å². The maximum absolute atomic E-state index is 5.33. The number of ether oxygens (including phenoxy) is 1. The van der Waals surface area contributed by atoms with E-state index in [9.17, 15) is 0 Å². The van der Waals surface area contributed by atoms with Crippen molar-refractivity contribution in [2.24, 2.45) is 5.16 Å². The van der Waals surface area contributed by atoms with Crippen LogP contribution < -0.4 is 0 Å². The van der Waals surface area contributed by atoms with Crippen molar-refractivity contribution in [2.45, 2.75) is 13.8 Å². The second-order valence-corrected chi connectivity index (χ2v) is 2.88. The predicted octanol–water partition coefficient (Wildman–Crippen LogP) is 2.34. The number of oxime groups is 1. The van der Waals surface area contributed by atoms with Crippen molar-refractivity contribution in [3.8, 4) is 0 Å². The van der Waals surface area contributed by atoms with Gasteiger partial charge in [0, 0.05) is 5.56 Å². The van der Waals surface area contributed by atoms with Crippen LogP contribution in [0.2, 0.25) is 0 Å². The fraction of sp³-hybridized carbons (Fsp3) is 0.364. The summed E-state index contributed by atoms with van der Waals surface area (Å²) in [4.78, 5) is 4.70. The number of benzene rings is 1. The molecule has 0 saturated carbocycles. The summed E-state index contributed by atoms with van der Waals surface area (Å²) in [6.07, 6.45) is 0. The van der Waals surface area contributed by atoms with E-state index in [0.29, 0.717) is 12.5 Å². The van der Waals surface area contributed by atoms with Crippen LogP contribution >= 0.6 is 0 Å². The quantitative estimate of drug-likeness (QED) is 0.419. The van der Waals surface area contributed by atoms with Crippen LogP contribution in [0.5, 0.6) is 0 Å². The van der Waals surface area contributed by atoms with Crippen LogP contribution in [0.4, 0.5) is 0 Å². The standard InChI is InChI=1S/C11H15NO2/c1-4-14-11(12-13-3)10-7-5-9(2)6-8-10/h5-8H,4H2,1-3H3/b12-11-. The highest BCUT2D eigenvalue weighted by atomic mass is 16.6. The minimum absolute atomic E-state index is 0.523. The Morgan fingerprint density at radius 3 is 2.43 bits per heavy atom. The zero-order chi connectivity index (χ0) is 10.4. The number of nitrogens with zero attached hydrogens (tertiary/aromatic N) is 1. The van der Waals surface area contributed by atoms with Gasteiger partial charge in [0.05, 0.1) is 6.61 Å². The van der Waals surface area contributed by atoms with E-state index in [1.807, 2.05) is 38.1 Å². The zero-order valence-corrected chi connectivity index (χ0v) is 8.78. The summed E-state index contributed by atoms with van der Waals surface area (Å²) < 4.78 is 5.33. The van der Waals surface area contributed by atoms with Gasteiger partial charge in [0.1, 0.15) is 7.11 Å². The van der Waals surface area contributed by atoms with Crippen molar-refractivity contribution >= 4 is 5.90 Å². The lowest BCUT2D eigenvalue weighted by atomic mass is 10.1. The molecule has 3 heteroatoms. The van der Waals surface area contributed by atoms with E-state index in [1.165, 1.54) is 12.7 Å². The zero-order valence-electron chi connectivity index (χ0n) is 8.78. The van der Waals surface area contributed by atoms with E-state index in [0.717, 1.165) is 5.56 Å². The van der Waals surface area contributed by atoms with E-state index < -0.39 is 0 Å². The molecule has 0 unspecified atom stereocenters. The summed E-state index contributed by atoms with van der Waals surface area (Å²) in [5.74, 6) is 0.523. The number of hydrogen-bond donors (Lipinski definition) is 0. The largest absolute Gasteiger partial charge is 0.475 e. The Labute approximate surface area is 84.3 Å². The van der Waals surface area contributed by atoms with Gasteiger partial charge in [0.15, 0.2) is 0 Å². The summed E-state index contributed by atoms with van der Waals surface area (Å²) in [5.41, 5.74) is 2.14. The third kappa shape index (κ3) is 2.76. The topological polar surface area (TPSA) is 30.8 Å². The van der Waals surface area contributed by atoms with Gasteiger partial charge >= 0.3 is 0 Å². The highest BCUT2D eigenvalue weighted by Gasteiger charge is 2.03. The Hall–Kier alpha value is -1.51. The van der Waals surface area contributed by atoms with E-state index in [2.05, 4.69) is 5.16 Å². The summed E-state index contributed by atoms with van der Waals surface area (Å²) in [6.45, 7) is 4.53. The SMILES string of the molecule is CCO/C(=N\OC)c1ccc(C)cc1. The molecule has 0 radical (unpaired) electrons. The molecule has 0 bridgehead atoms. The molecule has 0 atom stereocenters. The molecule has 0 aliphatic heterocycles. The lowest BCUT2D eigenvalue weighted by molar-refractivity contribution is 0.194. The second kappa shape index (κ2) is 5.27. The Morgan fingerprint density at radius 2 is 1.93 bits per heavy atom. The molecule has 0 fully saturated rings. The highest BCUT2D eigenvalue weighted by Crippen LogP contribution is 2.06. The Kier molecular flexibility index (Phi) is 3.98. The van der Waals surface area contributed by atoms with E-state index in [1.54, 1.807) is 0 Å². The number of rotatable bonds is 3. The molecule has 0 N–H and O–H groups in total. The first kappa shape index (κ1) is 10.6. The summed E-state index contributed by atoms with van der Waals surface area (Å²) in [5, 5.41) is 3.81. The van der Waals surface area contributed by atoms with Gasteiger partial charge in [0.2, 0.25) is 0 Å². The highest BCUT2D eigenvalue weighted by molar-refractivity contribution is 5.93. The van der Waals surface area contributed by atoms with Gasteiger partial charge in [-0.05, 0) is 31.1 Å². The van der Waals surface area contributed by atoms with Gasteiger partial charge in [0.25, 0.3) is 5.90 Å². The maximum Gasteiger partial charge on any atom is 0.257 e. The molecule has 0 aliphatic carbocycles. The summed E-state index contributed by atoms with van der Waals surface area (Å²) in [7, 11) is 1.51. The Morgan fingerprint density at radius 1 is 1.29 bits per heavy atom. The van der Waals surface area contributed by atoms with Crippen molar-refractivity contribution < 1.29 is 9.57 Å². The molecule has 0 spiro atoms. The molecule has 0 aromatic heterocycles. The Balaban J connectivity index is 2.88. The van der Waals surface area contributed by atoms with Gasteiger partial charge in [-0.2, -0.15) is 0 Å². The molecule has 0 amide bonds. The fourth-order valence-corrected chi connectivity index (χ4v) is 1.08. The van der Waals surface area contributed by atoms with Crippen molar-refractivity contribution in [2.75, 3.05) is 13.7 Å². The number of aryl methyl sites for hydroxylation is 1. The first-order chi connectivity index (χ1) is 6.77. The maximum atomic E-state index is 5.33. The fourth-order valence-electron chi connectivity index (χ4n) is 1.08. The van der Waals surface area contributed by atoms with Gasteiger partial charge in [-0.3, -0.25) is 0 Å². The molecular formula is C11H15NO2. The van der Waals surface area contributed by atoms with Crippen LogP contribution in [0.25, 0.3) is 0 Å². The minimum atomic E-state index is 0.523. The molecule has 0 heterocycles. The average molecular weight is 193 g/mol. The second-order valence-electron chi connectivity index (χ2n) is 2.88. The smallest absolute Gasteiger partial charge is 0.257 e. The van der Waals surface area contributed by atoms with Gasteiger partial charge in [-0.25, -0.2) is 0 Å². The molecular weight excluding hydrogens is 178 g/mol. The predicted molar refractivity (Wildman–Crippen MR) is 56.4 cm³/mol. The normalized spacial score (nSPS) is 11.2.